The molecule has 0 saturated heterocycles. The molecule has 2 aliphatic rings. The molecule has 2 fully saturated rings. The molecular weight excluding hydrogens is 272 g/mol. The summed E-state index contributed by atoms with van der Waals surface area (Å²) in [4.78, 5) is 4.50. The molecule has 4 nitrogen and oxygen atoms in total. The Balaban J connectivity index is 1.57. The molecule has 112 valence electrons. The van der Waals surface area contributed by atoms with Crippen molar-refractivity contribution in [2.45, 2.75) is 81.1 Å². The van der Waals surface area contributed by atoms with E-state index in [9.17, 15) is 4.21 Å². The molecule has 0 amide bonds. The zero-order valence-electron chi connectivity index (χ0n) is 12.1. The molecule has 0 aliphatic heterocycles. The van der Waals surface area contributed by atoms with Crippen molar-refractivity contribution < 1.29 is 8.73 Å². The molecule has 0 radical (unpaired) electrons. The van der Waals surface area contributed by atoms with Gasteiger partial charge in [0.25, 0.3) is 0 Å². The van der Waals surface area contributed by atoms with E-state index in [0.717, 1.165) is 31.6 Å². The average Bonchev–Trinajstić information content (AvgIpc) is 2.97. The third kappa shape index (κ3) is 3.48. The Kier molecular flexibility index (Phi) is 4.86. The van der Waals surface area contributed by atoms with Gasteiger partial charge < -0.3 is 4.52 Å². The van der Waals surface area contributed by atoms with E-state index in [0.29, 0.717) is 22.7 Å². The highest BCUT2D eigenvalue weighted by atomic mass is 32.2. The Labute approximate surface area is 123 Å². The molecule has 5 heteroatoms. The third-order valence-electron chi connectivity index (χ3n) is 4.63. The maximum atomic E-state index is 12.3. The third-order valence-corrected chi connectivity index (χ3v) is 6.39. The highest BCUT2D eigenvalue weighted by Crippen LogP contribution is 2.31. The first-order valence-electron chi connectivity index (χ1n) is 8.02. The predicted octanol–water partition coefficient (Wildman–Crippen LogP) is 3.70. The quantitative estimate of drug-likeness (QED) is 0.850. The summed E-state index contributed by atoms with van der Waals surface area (Å²) in [5.41, 5.74) is 0. The fourth-order valence-electron chi connectivity index (χ4n) is 3.41. The van der Waals surface area contributed by atoms with Gasteiger partial charge in [-0.3, -0.25) is 4.21 Å². The van der Waals surface area contributed by atoms with E-state index < -0.39 is 10.8 Å². The molecule has 1 aromatic rings. The molecule has 0 bridgehead atoms. The molecule has 0 spiro atoms. The lowest BCUT2D eigenvalue weighted by molar-refractivity contribution is 0.312. The van der Waals surface area contributed by atoms with Crippen molar-refractivity contribution in [2.75, 3.05) is 0 Å². The minimum Gasteiger partial charge on any atom is -0.339 e. The summed E-state index contributed by atoms with van der Waals surface area (Å²) in [7, 11) is -0.834. The van der Waals surface area contributed by atoms with Gasteiger partial charge in [-0.25, -0.2) is 0 Å². The van der Waals surface area contributed by atoms with Gasteiger partial charge in [-0.05, 0) is 25.7 Å². The first kappa shape index (κ1) is 14.2. The Morgan fingerprint density at radius 1 is 1.00 bits per heavy atom. The molecule has 1 atom stereocenters. The van der Waals surface area contributed by atoms with Gasteiger partial charge in [0.05, 0.1) is 5.75 Å². The number of rotatable bonds is 4. The van der Waals surface area contributed by atoms with Crippen LogP contribution in [0.5, 0.6) is 0 Å². The second-order valence-electron chi connectivity index (χ2n) is 6.17. The van der Waals surface area contributed by atoms with Gasteiger partial charge in [0.2, 0.25) is 5.89 Å². The Morgan fingerprint density at radius 3 is 2.35 bits per heavy atom. The summed E-state index contributed by atoms with van der Waals surface area (Å²) >= 11 is 0. The van der Waals surface area contributed by atoms with Crippen LogP contribution in [0.3, 0.4) is 0 Å². The van der Waals surface area contributed by atoms with E-state index in [-0.39, 0.29) is 0 Å². The number of aromatic nitrogens is 2. The molecule has 0 N–H and O–H groups in total. The van der Waals surface area contributed by atoms with E-state index in [1.807, 2.05) is 0 Å². The normalized spacial score (nSPS) is 23.8. The van der Waals surface area contributed by atoms with Crippen LogP contribution in [0.1, 0.15) is 81.8 Å². The summed E-state index contributed by atoms with van der Waals surface area (Å²) in [6, 6.07) is 0. The first-order chi connectivity index (χ1) is 9.83. The van der Waals surface area contributed by atoms with Gasteiger partial charge >= 0.3 is 0 Å². The zero-order chi connectivity index (χ0) is 13.8. The van der Waals surface area contributed by atoms with Crippen LogP contribution in [0, 0.1) is 0 Å². The molecule has 2 aliphatic carbocycles. The summed E-state index contributed by atoms with van der Waals surface area (Å²) < 4.78 is 17.7. The fourth-order valence-corrected chi connectivity index (χ4v) is 4.88. The molecule has 20 heavy (non-hydrogen) atoms. The second kappa shape index (κ2) is 6.83. The van der Waals surface area contributed by atoms with Crippen LogP contribution < -0.4 is 0 Å². The lowest BCUT2D eigenvalue weighted by atomic mass is 9.89. The highest BCUT2D eigenvalue weighted by Gasteiger charge is 2.24. The van der Waals surface area contributed by atoms with E-state index in [2.05, 4.69) is 10.1 Å². The summed E-state index contributed by atoms with van der Waals surface area (Å²) in [6.07, 6.45) is 12.1. The fraction of sp³-hybridized carbons (Fsp3) is 0.867. The standard InChI is InChI=1S/C15H24N2O2S/c18-20(13-9-5-2-6-10-13)11-14-16-15(19-17-14)12-7-3-1-4-8-12/h12-13H,1-11H2. The van der Waals surface area contributed by atoms with Crippen molar-refractivity contribution in [1.82, 2.24) is 10.1 Å². The molecule has 1 aromatic heterocycles. The smallest absolute Gasteiger partial charge is 0.229 e. The molecule has 0 aromatic carbocycles. The monoisotopic (exact) mass is 296 g/mol. The van der Waals surface area contributed by atoms with Crippen molar-refractivity contribution in [1.29, 1.82) is 0 Å². The zero-order valence-corrected chi connectivity index (χ0v) is 12.9. The Morgan fingerprint density at radius 2 is 1.65 bits per heavy atom. The van der Waals surface area contributed by atoms with Crippen LogP contribution in [0.15, 0.2) is 4.52 Å². The van der Waals surface area contributed by atoms with Gasteiger partial charge in [0.15, 0.2) is 5.82 Å². The highest BCUT2D eigenvalue weighted by molar-refractivity contribution is 7.84. The van der Waals surface area contributed by atoms with Gasteiger partial charge in [-0.2, -0.15) is 4.98 Å². The van der Waals surface area contributed by atoms with Crippen LogP contribution in [-0.4, -0.2) is 19.6 Å². The number of hydrogen-bond donors (Lipinski definition) is 0. The van der Waals surface area contributed by atoms with Crippen LogP contribution in [0.25, 0.3) is 0 Å². The van der Waals surface area contributed by atoms with Crippen LogP contribution >= 0.6 is 0 Å². The molecule has 2 saturated carbocycles. The Bertz CT molecular complexity index is 448. The molecule has 1 unspecified atom stereocenters. The molecule has 3 rings (SSSR count). The first-order valence-corrected chi connectivity index (χ1v) is 9.41. The predicted molar refractivity (Wildman–Crippen MR) is 78.8 cm³/mol. The van der Waals surface area contributed by atoms with E-state index in [1.165, 1.54) is 38.5 Å². The molecular formula is C15H24N2O2S. The molecule has 1 heterocycles. The second-order valence-corrected chi connectivity index (χ2v) is 7.89. The van der Waals surface area contributed by atoms with Gasteiger partial charge in [0, 0.05) is 22.0 Å². The maximum absolute atomic E-state index is 12.3. The van der Waals surface area contributed by atoms with E-state index >= 15 is 0 Å². The summed E-state index contributed by atoms with van der Waals surface area (Å²) in [5, 5.41) is 4.39. The topological polar surface area (TPSA) is 56.0 Å². The lowest BCUT2D eigenvalue weighted by Crippen LogP contribution is -2.20. The maximum Gasteiger partial charge on any atom is 0.229 e. The lowest BCUT2D eigenvalue weighted by Gasteiger charge is -2.20. The van der Waals surface area contributed by atoms with E-state index in [1.54, 1.807) is 0 Å². The van der Waals surface area contributed by atoms with Crippen molar-refractivity contribution in [3.05, 3.63) is 11.7 Å². The number of nitrogens with zero attached hydrogens (tertiary/aromatic N) is 2. The van der Waals surface area contributed by atoms with Crippen LogP contribution in [0.2, 0.25) is 0 Å². The minimum absolute atomic E-state index is 0.348. The minimum atomic E-state index is -0.834. The number of hydrogen-bond acceptors (Lipinski definition) is 4. The van der Waals surface area contributed by atoms with Gasteiger partial charge in [-0.15, -0.1) is 0 Å². The van der Waals surface area contributed by atoms with Crippen molar-refractivity contribution >= 4 is 10.8 Å². The van der Waals surface area contributed by atoms with Crippen molar-refractivity contribution in [2.24, 2.45) is 0 Å². The van der Waals surface area contributed by atoms with Crippen molar-refractivity contribution in [3.63, 3.8) is 0 Å². The summed E-state index contributed by atoms with van der Waals surface area (Å²) in [5.74, 6) is 2.34. The van der Waals surface area contributed by atoms with Crippen molar-refractivity contribution in [3.8, 4) is 0 Å². The van der Waals surface area contributed by atoms with Gasteiger partial charge in [-0.1, -0.05) is 43.7 Å². The van der Waals surface area contributed by atoms with Gasteiger partial charge in [0.1, 0.15) is 0 Å². The van der Waals surface area contributed by atoms with E-state index in [4.69, 9.17) is 4.52 Å². The Hall–Kier alpha value is -0.710. The average molecular weight is 296 g/mol. The largest absolute Gasteiger partial charge is 0.339 e. The SMILES string of the molecule is O=S(Cc1noc(C2CCCCC2)n1)C1CCCCC1. The van der Waals surface area contributed by atoms with Crippen LogP contribution in [-0.2, 0) is 16.6 Å². The summed E-state index contributed by atoms with van der Waals surface area (Å²) in [6.45, 7) is 0. The van der Waals surface area contributed by atoms with Crippen LogP contribution in [0.4, 0.5) is 0 Å².